The summed E-state index contributed by atoms with van der Waals surface area (Å²) in [6, 6.07) is 17.2. The van der Waals surface area contributed by atoms with Gasteiger partial charge in [0.15, 0.2) is 0 Å². The van der Waals surface area contributed by atoms with Gasteiger partial charge in [0.25, 0.3) is 11.6 Å². The number of aromatic nitrogens is 1. The number of hydrazone groups is 1. The lowest BCUT2D eigenvalue weighted by Gasteiger charge is -2.11. The molecule has 0 aliphatic heterocycles. The number of rotatable bonds is 6. The van der Waals surface area contributed by atoms with Crippen LogP contribution in [0.1, 0.15) is 11.1 Å². The average Bonchev–Trinajstić information content (AvgIpc) is 3.22. The molecular weight excluding hydrogens is 511 g/mol. The highest BCUT2D eigenvalue weighted by Gasteiger charge is 2.17. The second-order valence-corrected chi connectivity index (χ2v) is 8.66. The molecule has 0 spiro atoms. The van der Waals surface area contributed by atoms with Crippen LogP contribution in [0.2, 0.25) is 0 Å². The van der Waals surface area contributed by atoms with E-state index in [4.69, 9.17) is 0 Å². The van der Waals surface area contributed by atoms with Gasteiger partial charge in [0.05, 0.1) is 21.4 Å². The Morgan fingerprint density at radius 3 is 2.67 bits per heavy atom. The number of nitro benzene ring substituents is 1. The van der Waals surface area contributed by atoms with Gasteiger partial charge in [-0.15, -0.1) is 0 Å². The van der Waals surface area contributed by atoms with E-state index in [0.29, 0.717) is 21.8 Å². The van der Waals surface area contributed by atoms with Crippen molar-refractivity contribution >= 4 is 66.5 Å². The maximum Gasteiger partial charge on any atom is 0.273 e. The molecule has 0 N–H and O–H groups in total. The number of nitrogens with zero attached hydrogens (tertiary/aromatic N) is 4. The second-order valence-electron chi connectivity index (χ2n) is 6.74. The fourth-order valence-corrected chi connectivity index (χ4v) is 4.31. The smallest absolute Gasteiger partial charge is 0.267 e. The molecule has 4 rings (SSSR count). The zero-order chi connectivity index (χ0) is 23.4. The van der Waals surface area contributed by atoms with E-state index in [1.165, 1.54) is 72.2 Å². The molecule has 4 aromatic rings. The zero-order valence-electron chi connectivity index (χ0n) is 16.8. The van der Waals surface area contributed by atoms with Gasteiger partial charge in [0.1, 0.15) is 5.82 Å². The van der Waals surface area contributed by atoms with Gasteiger partial charge in [-0.1, -0.05) is 51.5 Å². The van der Waals surface area contributed by atoms with Gasteiger partial charge in [-0.3, -0.25) is 14.9 Å². The van der Waals surface area contributed by atoms with Crippen LogP contribution in [-0.4, -0.2) is 22.0 Å². The highest BCUT2D eigenvalue weighted by atomic mass is 79.9. The van der Waals surface area contributed by atoms with Crippen LogP contribution in [-0.2, 0) is 4.79 Å². The minimum absolute atomic E-state index is 0.0764. The van der Waals surface area contributed by atoms with Gasteiger partial charge >= 0.3 is 0 Å². The predicted molar refractivity (Wildman–Crippen MR) is 131 cm³/mol. The van der Waals surface area contributed by atoms with Crippen LogP contribution < -0.4 is 5.01 Å². The Hall–Kier alpha value is -3.76. The molecule has 0 unspecified atom stereocenters. The van der Waals surface area contributed by atoms with Crippen molar-refractivity contribution in [3.8, 4) is 0 Å². The summed E-state index contributed by atoms with van der Waals surface area (Å²) >= 11 is 4.70. The van der Waals surface area contributed by atoms with Crippen molar-refractivity contribution in [1.29, 1.82) is 0 Å². The first-order valence-electron chi connectivity index (χ1n) is 9.51. The maximum atomic E-state index is 13.2. The molecule has 0 aliphatic carbocycles. The number of hydrogen-bond acceptors (Lipinski definition) is 6. The summed E-state index contributed by atoms with van der Waals surface area (Å²) in [7, 11) is 0. The molecule has 10 heteroatoms. The molecule has 1 aromatic heterocycles. The van der Waals surface area contributed by atoms with Gasteiger partial charge < -0.3 is 0 Å². The van der Waals surface area contributed by atoms with Crippen molar-refractivity contribution < 1.29 is 14.1 Å². The van der Waals surface area contributed by atoms with E-state index in [1.807, 2.05) is 18.2 Å². The summed E-state index contributed by atoms with van der Waals surface area (Å²) in [6.45, 7) is 0. The molecule has 0 atom stereocenters. The van der Waals surface area contributed by atoms with E-state index in [-0.39, 0.29) is 11.5 Å². The van der Waals surface area contributed by atoms with Gasteiger partial charge in [0.2, 0.25) is 5.13 Å². The molecule has 0 saturated carbocycles. The largest absolute Gasteiger partial charge is 0.273 e. The molecule has 3 aromatic carbocycles. The Balaban J connectivity index is 1.67. The summed E-state index contributed by atoms with van der Waals surface area (Å²) < 4.78 is 14.9. The topological polar surface area (TPSA) is 88.7 Å². The van der Waals surface area contributed by atoms with Crippen molar-refractivity contribution in [3.05, 3.63) is 104 Å². The van der Waals surface area contributed by atoms with Gasteiger partial charge in [-0.25, -0.2) is 9.37 Å². The highest BCUT2D eigenvalue weighted by Crippen LogP contribution is 2.31. The number of carbonyl (C=O) groups is 1. The summed E-state index contributed by atoms with van der Waals surface area (Å²) in [5, 5.41) is 16.7. The van der Waals surface area contributed by atoms with Crippen LogP contribution in [0.4, 0.5) is 15.2 Å². The van der Waals surface area contributed by atoms with E-state index < -0.39 is 10.8 Å². The average molecular weight is 525 g/mol. The van der Waals surface area contributed by atoms with Crippen molar-refractivity contribution in [1.82, 2.24) is 4.98 Å². The van der Waals surface area contributed by atoms with E-state index in [9.17, 15) is 19.3 Å². The molecule has 1 amide bonds. The summed E-state index contributed by atoms with van der Waals surface area (Å²) in [5.41, 5.74) is 1.72. The lowest BCUT2D eigenvalue weighted by molar-refractivity contribution is -0.384. The molecule has 0 radical (unpaired) electrons. The Kier molecular flexibility index (Phi) is 6.66. The first-order valence-corrected chi connectivity index (χ1v) is 11.1. The standard InChI is InChI=1S/C23H14BrFN4O3S/c24-17-7-10-20-21(13-17)33-23(27-20)28(26-14-16-4-8-18(25)9-5-16)22(30)11-6-15-2-1-3-19(12-15)29(31)32/h1-14H/b11-6+,26-14+. The third kappa shape index (κ3) is 5.54. The van der Waals surface area contributed by atoms with E-state index >= 15 is 0 Å². The lowest BCUT2D eigenvalue weighted by Crippen LogP contribution is -2.23. The lowest BCUT2D eigenvalue weighted by atomic mass is 10.2. The number of fused-ring (bicyclic) bond motifs is 1. The quantitative estimate of drug-likeness (QED) is 0.130. The Morgan fingerprint density at radius 2 is 1.91 bits per heavy atom. The Bertz CT molecular complexity index is 1400. The van der Waals surface area contributed by atoms with Crippen LogP contribution in [0.25, 0.3) is 16.3 Å². The maximum absolute atomic E-state index is 13.2. The first kappa shape index (κ1) is 22.4. The van der Waals surface area contributed by atoms with Crippen LogP contribution in [0.5, 0.6) is 0 Å². The number of carbonyl (C=O) groups excluding carboxylic acids is 1. The van der Waals surface area contributed by atoms with Gasteiger partial charge in [-0.05, 0) is 47.5 Å². The number of halogens is 2. The van der Waals surface area contributed by atoms with E-state index in [2.05, 4.69) is 26.0 Å². The summed E-state index contributed by atoms with van der Waals surface area (Å²) in [4.78, 5) is 28.0. The number of hydrogen-bond donors (Lipinski definition) is 0. The predicted octanol–water partition coefficient (Wildman–Crippen LogP) is 6.19. The van der Waals surface area contributed by atoms with Crippen LogP contribution in [0.15, 0.2) is 82.4 Å². The zero-order valence-corrected chi connectivity index (χ0v) is 19.2. The summed E-state index contributed by atoms with van der Waals surface area (Å²) in [6.07, 6.45) is 4.17. The fraction of sp³-hybridized carbons (Fsp3) is 0. The van der Waals surface area contributed by atoms with Crippen molar-refractivity contribution in [3.63, 3.8) is 0 Å². The SMILES string of the molecule is O=C(/C=C/c1cccc([N+](=O)[O-])c1)N(/N=C/c1ccc(F)cc1)c1nc2ccc(Br)cc2s1. The second kappa shape index (κ2) is 9.80. The molecule has 33 heavy (non-hydrogen) atoms. The monoisotopic (exact) mass is 524 g/mol. The Labute approximate surface area is 199 Å². The van der Waals surface area contributed by atoms with Crippen molar-refractivity contribution in [2.45, 2.75) is 0 Å². The molecular formula is C23H14BrFN4O3S. The fourth-order valence-electron chi connectivity index (χ4n) is 2.83. The molecule has 1 heterocycles. The molecule has 164 valence electrons. The number of benzene rings is 3. The molecule has 0 bridgehead atoms. The number of non-ortho nitro benzene ring substituents is 1. The van der Waals surface area contributed by atoms with Crippen molar-refractivity contribution in [2.75, 3.05) is 5.01 Å². The molecule has 0 aliphatic rings. The molecule has 7 nitrogen and oxygen atoms in total. The number of anilines is 1. The third-order valence-electron chi connectivity index (χ3n) is 4.42. The van der Waals surface area contributed by atoms with Crippen LogP contribution >= 0.6 is 27.3 Å². The van der Waals surface area contributed by atoms with E-state index in [1.54, 1.807) is 6.07 Å². The molecule has 0 saturated heterocycles. The highest BCUT2D eigenvalue weighted by molar-refractivity contribution is 9.10. The Morgan fingerprint density at radius 1 is 1.12 bits per heavy atom. The minimum atomic E-state index is -0.502. The summed E-state index contributed by atoms with van der Waals surface area (Å²) in [5.74, 6) is -0.880. The van der Waals surface area contributed by atoms with E-state index in [0.717, 1.165) is 14.2 Å². The van der Waals surface area contributed by atoms with Crippen LogP contribution in [0.3, 0.4) is 0 Å². The normalized spacial score (nSPS) is 11.5. The van der Waals surface area contributed by atoms with Gasteiger partial charge in [-0.2, -0.15) is 10.1 Å². The first-order chi connectivity index (χ1) is 15.9. The van der Waals surface area contributed by atoms with Gasteiger partial charge in [0, 0.05) is 22.7 Å². The number of thiazole rings is 1. The van der Waals surface area contributed by atoms with Crippen molar-refractivity contribution in [2.24, 2.45) is 5.10 Å². The minimum Gasteiger partial charge on any atom is -0.267 e. The number of amides is 1. The number of nitro groups is 1. The van der Waals surface area contributed by atoms with Crippen LogP contribution in [0, 0.1) is 15.9 Å². The third-order valence-corrected chi connectivity index (χ3v) is 5.91. The molecule has 0 fully saturated rings.